The van der Waals surface area contributed by atoms with Gasteiger partial charge in [0.2, 0.25) is 5.91 Å². The summed E-state index contributed by atoms with van der Waals surface area (Å²) in [6, 6.07) is 12.5. The lowest BCUT2D eigenvalue weighted by Crippen LogP contribution is -2.22. The molecule has 1 heterocycles. The molecule has 3 rings (SSSR count). The standard InChI is InChI=1S/C20H21N3O4/c1-13-5-3-4-6-16(13)20(25)23-22-14(2)11-19(24)21-15-7-8-17-18(12-15)27-10-9-26-17/h3-8,12H,9-11H2,1-2H3,(H,21,24)(H,23,25)/b22-14-. The van der Waals surface area contributed by atoms with E-state index in [0.29, 0.717) is 41.7 Å². The number of aryl methyl sites for hydroxylation is 1. The number of hydrogen-bond donors (Lipinski definition) is 2. The average molecular weight is 367 g/mol. The quantitative estimate of drug-likeness (QED) is 0.628. The van der Waals surface area contributed by atoms with Crippen molar-refractivity contribution in [1.29, 1.82) is 0 Å². The minimum absolute atomic E-state index is 0.0580. The summed E-state index contributed by atoms with van der Waals surface area (Å²) >= 11 is 0. The van der Waals surface area contributed by atoms with Gasteiger partial charge in [-0.2, -0.15) is 5.10 Å². The topological polar surface area (TPSA) is 89.0 Å². The van der Waals surface area contributed by atoms with Crippen molar-refractivity contribution >= 4 is 23.2 Å². The van der Waals surface area contributed by atoms with Crippen molar-refractivity contribution in [2.24, 2.45) is 5.10 Å². The molecule has 0 saturated carbocycles. The second-order valence-corrected chi connectivity index (χ2v) is 6.19. The van der Waals surface area contributed by atoms with Crippen molar-refractivity contribution < 1.29 is 19.1 Å². The van der Waals surface area contributed by atoms with Gasteiger partial charge < -0.3 is 14.8 Å². The number of hydrazone groups is 1. The van der Waals surface area contributed by atoms with Crippen LogP contribution in [0.3, 0.4) is 0 Å². The maximum atomic E-state index is 12.2. The van der Waals surface area contributed by atoms with E-state index >= 15 is 0 Å². The lowest BCUT2D eigenvalue weighted by atomic mass is 10.1. The molecule has 1 aliphatic rings. The summed E-state index contributed by atoms with van der Waals surface area (Å²) in [6.07, 6.45) is 0.0580. The van der Waals surface area contributed by atoms with Crippen molar-refractivity contribution in [2.75, 3.05) is 18.5 Å². The Balaban J connectivity index is 1.55. The summed E-state index contributed by atoms with van der Waals surface area (Å²) in [5.74, 6) is 0.726. The van der Waals surface area contributed by atoms with Gasteiger partial charge in [-0.1, -0.05) is 18.2 Å². The van der Waals surface area contributed by atoms with Gasteiger partial charge in [0.15, 0.2) is 11.5 Å². The van der Waals surface area contributed by atoms with Crippen molar-refractivity contribution in [3.05, 3.63) is 53.6 Å². The number of hydrogen-bond acceptors (Lipinski definition) is 5. The van der Waals surface area contributed by atoms with Crippen LogP contribution in [0.2, 0.25) is 0 Å². The van der Waals surface area contributed by atoms with Crippen LogP contribution in [-0.4, -0.2) is 30.7 Å². The summed E-state index contributed by atoms with van der Waals surface area (Å²) in [4.78, 5) is 24.3. The number of carbonyl (C=O) groups is 2. The fourth-order valence-corrected chi connectivity index (χ4v) is 2.63. The second-order valence-electron chi connectivity index (χ2n) is 6.19. The minimum Gasteiger partial charge on any atom is -0.486 e. The Hall–Kier alpha value is -3.35. The molecule has 7 nitrogen and oxygen atoms in total. The predicted molar refractivity (Wildman–Crippen MR) is 102 cm³/mol. The molecule has 2 aromatic rings. The lowest BCUT2D eigenvalue weighted by Gasteiger charge is -2.19. The molecule has 0 fully saturated rings. The van der Waals surface area contributed by atoms with Crippen LogP contribution in [0.4, 0.5) is 5.69 Å². The van der Waals surface area contributed by atoms with Crippen LogP contribution in [0.25, 0.3) is 0 Å². The highest BCUT2D eigenvalue weighted by atomic mass is 16.6. The lowest BCUT2D eigenvalue weighted by molar-refractivity contribution is -0.115. The summed E-state index contributed by atoms with van der Waals surface area (Å²) < 4.78 is 10.9. The summed E-state index contributed by atoms with van der Waals surface area (Å²) in [5.41, 5.74) is 5.00. The van der Waals surface area contributed by atoms with Gasteiger partial charge in [-0.25, -0.2) is 5.43 Å². The summed E-state index contributed by atoms with van der Waals surface area (Å²) in [5, 5.41) is 6.79. The molecule has 140 valence electrons. The fraction of sp³-hybridized carbons (Fsp3) is 0.250. The number of benzene rings is 2. The number of carbonyl (C=O) groups excluding carboxylic acids is 2. The predicted octanol–water partition coefficient (Wildman–Crippen LogP) is 2.90. The molecule has 2 N–H and O–H groups in total. The summed E-state index contributed by atoms with van der Waals surface area (Å²) in [6.45, 7) is 4.53. The molecule has 27 heavy (non-hydrogen) atoms. The third kappa shape index (κ3) is 4.84. The largest absolute Gasteiger partial charge is 0.486 e. The van der Waals surface area contributed by atoms with E-state index in [1.165, 1.54) is 0 Å². The van der Waals surface area contributed by atoms with Crippen LogP contribution < -0.4 is 20.2 Å². The van der Waals surface area contributed by atoms with E-state index in [-0.39, 0.29) is 18.2 Å². The van der Waals surface area contributed by atoms with Crippen LogP contribution in [0.15, 0.2) is 47.6 Å². The van der Waals surface area contributed by atoms with E-state index in [1.807, 2.05) is 19.1 Å². The minimum atomic E-state index is -0.306. The molecule has 2 amide bonds. The van der Waals surface area contributed by atoms with Crippen molar-refractivity contribution in [2.45, 2.75) is 20.3 Å². The number of nitrogens with one attached hydrogen (secondary N) is 2. The zero-order valence-corrected chi connectivity index (χ0v) is 15.2. The maximum Gasteiger partial charge on any atom is 0.271 e. The van der Waals surface area contributed by atoms with Crippen LogP contribution >= 0.6 is 0 Å². The van der Waals surface area contributed by atoms with E-state index in [0.717, 1.165) is 5.56 Å². The van der Waals surface area contributed by atoms with Crippen molar-refractivity contribution in [3.8, 4) is 11.5 Å². The molecule has 0 radical (unpaired) electrons. The Morgan fingerprint density at radius 2 is 1.81 bits per heavy atom. The van der Waals surface area contributed by atoms with Gasteiger partial charge in [0.05, 0.1) is 6.42 Å². The summed E-state index contributed by atoms with van der Waals surface area (Å²) in [7, 11) is 0. The highest BCUT2D eigenvalue weighted by Gasteiger charge is 2.13. The molecule has 0 aliphatic carbocycles. The van der Waals surface area contributed by atoms with Gasteiger partial charge in [-0.3, -0.25) is 9.59 Å². The Morgan fingerprint density at radius 3 is 2.59 bits per heavy atom. The monoisotopic (exact) mass is 367 g/mol. The number of ether oxygens (including phenoxy) is 2. The molecule has 0 spiro atoms. The van der Waals surface area contributed by atoms with E-state index in [2.05, 4.69) is 15.8 Å². The van der Waals surface area contributed by atoms with E-state index in [1.54, 1.807) is 37.3 Å². The van der Waals surface area contributed by atoms with Crippen LogP contribution in [-0.2, 0) is 4.79 Å². The first-order valence-corrected chi connectivity index (χ1v) is 8.61. The molecule has 0 saturated heterocycles. The first-order valence-electron chi connectivity index (χ1n) is 8.61. The zero-order valence-electron chi connectivity index (χ0n) is 15.2. The van der Waals surface area contributed by atoms with E-state index in [4.69, 9.17) is 9.47 Å². The van der Waals surface area contributed by atoms with Gasteiger partial charge in [0.1, 0.15) is 13.2 Å². The second kappa shape index (κ2) is 8.35. The SMILES string of the molecule is C/C(CC(=O)Nc1ccc2c(c1)OCCO2)=N/NC(=O)c1ccccc1C. The number of nitrogens with zero attached hydrogens (tertiary/aromatic N) is 1. The Kier molecular flexibility index (Phi) is 5.71. The van der Waals surface area contributed by atoms with Gasteiger partial charge in [-0.15, -0.1) is 0 Å². The number of amides is 2. The van der Waals surface area contributed by atoms with Crippen LogP contribution in [0.5, 0.6) is 11.5 Å². The number of anilines is 1. The number of fused-ring (bicyclic) bond motifs is 1. The van der Waals surface area contributed by atoms with Gasteiger partial charge >= 0.3 is 0 Å². The molecule has 0 bridgehead atoms. The first kappa shape index (κ1) is 18.4. The van der Waals surface area contributed by atoms with Gasteiger partial charge in [-0.05, 0) is 37.6 Å². The van der Waals surface area contributed by atoms with Crippen molar-refractivity contribution in [3.63, 3.8) is 0 Å². The van der Waals surface area contributed by atoms with E-state index < -0.39 is 0 Å². The highest BCUT2D eigenvalue weighted by Crippen LogP contribution is 2.32. The molecule has 0 aromatic heterocycles. The molecular formula is C20H21N3O4. The molecule has 1 aliphatic heterocycles. The highest BCUT2D eigenvalue weighted by molar-refractivity contribution is 6.06. The molecule has 0 atom stereocenters. The van der Waals surface area contributed by atoms with Gasteiger partial charge in [0.25, 0.3) is 5.91 Å². The Morgan fingerprint density at radius 1 is 1.07 bits per heavy atom. The van der Waals surface area contributed by atoms with Crippen LogP contribution in [0, 0.1) is 6.92 Å². The smallest absolute Gasteiger partial charge is 0.271 e. The first-order chi connectivity index (χ1) is 13.0. The molecule has 0 unspecified atom stereocenters. The molecular weight excluding hydrogens is 346 g/mol. The molecule has 7 heteroatoms. The van der Waals surface area contributed by atoms with Gasteiger partial charge in [0, 0.05) is 23.0 Å². The Bertz CT molecular complexity index is 893. The Labute approximate surface area is 157 Å². The molecule has 2 aromatic carbocycles. The van der Waals surface area contributed by atoms with E-state index in [9.17, 15) is 9.59 Å². The van der Waals surface area contributed by atoms with Crippen molar-refractivity contribution in [1.82, 2.24) is 5.43 Å². The average Bonchev–Trinajstić information content (AvgIpc) is 2.66. The maximum absolute atomic E-state index is 12.2. The third-order valence-electron chi connectivity index (χ3n) is 3.98. The number of rotatable bonds is 5. The third-order valence-corrected chi connectivity index (χ3v) is 3.98. The normalized spacial score (nSPS) is 13.0. The van der Waals surface area contributed by atoms with Crippen LogP contribution in [0.1, 0.15) is 29.3 Å². The fourth-order valence-electron chi connectivity index (χ4n) is 2.63. The zero-order chi connectivity index (χ0) is 19.2.